The first-order chi connectivity index (χ1) is 8.63. The molecule has 0 aromatic rings. The SMILES string of the molecule is C=C/C=C(\C=C)C(=O)O.C=CC.CC.CC.CC. The minimum Gasteiger partial charge on any atom is -0.478 e. The summed E-state index contributed by atoms with van der Waals surface area (Å²) in [6.07, 6.45) is 5.81. The Morgan fingerprint density at radius 2 is 1.22 bits per heavy atom. The summed E-state index contributed by atoms with van der Waals surface area (Å²) >= 11 is 0. The zero-order chi connectivity index (χ0) is 16.0. The van der Waals surface area contributed by atoms with E-state index in [1.54, 1.807) is 6.08 Å². The molecule has 0 aromatic heterocycles. The molecule has 108 valence electrons. The normalized spacial score (nSPS) is 6.94. The Morgan fingerprint density at radius 3 is 1.28 bits per heavy atom. The standard InChI is InChI=1S/C7H8O2.C3H6.3C2H6/c1-3-5-6(4-2)7(8)9;1-3-2;3*1-2/h3-5H,1-2H2,(H,8,9);3H,1H2,2H3;3*1-2H3/b6-5+;;;;. The number of rotatable bonds is 3. The predicted molar refractivity (Wildman–Crippen MR) is 86.0 cm³/mol. The third-order valence-corrected chi connectivity index (χ3v) is 0.764. The van der Waals surface area contributed by atoms with Crippen LogP contribution in [0.3, 0.4) is 0 Å². The van der Waals surface area contributed by atoms with Crippen molar-refractivity contribution in [3.05, 3.63) is 49.6 Å². The van der Waals surface area contributed by atoms with Gasteiger partial charge >= 0.3 is 5.97 Å². The van der Waals surface area contributed by atoms with E-state index in [-0.39, 0.29) is 5.57 Å². The monoisotopic (exact) mass is 256 g/mol. The van der Waals surface area contributed by atoms with Gasteiger partial charge in [0.2, 0.25) is 0 Å². The van der Waals surface area contributed by atoms with Gasteiger partial charge in [0.25, 0.3) is 0 Å². The summed E-state index contributed by atoms with van der Waals surface area (Å²) in [5.41, 5.74) is 0.157. The van der Waals surface area contributed by atoms with E-state index in [0.29, 0.717) is 0 Å². The van der Waals surface area contributed by atoms with Crippen molar-refractivity contribution in [2.45, 2.75) is 48.5 Å². The lowest BCUT2D eigenvalue weighted by Gasteiger charge is -1.87. The molecule has 0 aromatic carbocycles. The molecule has 0 unspecified atom stereocenters. The van der Waals surface area contributed by atoms with Gasteiger partial charge in [-0.25, -0.2) is 4.79 Å². The van der Waals surface area contributed by atoms with E-state index in [2.05, 4.69) is 19.7 Å². The zero-order valence-electron chi connectivity index (χ0n) is 13.3. The lowest BCUT2D eigenvalue weighted by molar-refractivity contribution is -0.132. The van der Waals surface area contributed by atoms with E-state index in [0.717, 1.165) is 0 Å². The van der Waals surface area contributed by atoms with Crippen LogP contribution in [-0.2, 0) is 4.79 Å². The van der Waals surface area contributed by atoms with Gasteiger partial charge in [-0.05, 0) is 13.0 Å². The van der Waals surface area contributed by atoms with Crippen molar-refractivity contribution < 1.29 is 9.90 Å². The Balaban J connectivity index is -0.0000000524. The molecule has 0 rings (SSSR count). The molecular formula is C16H32O2. The minimum absolute atomic E-state index is 0.157. The fraction of sp³-hybridized carbons (Fsp3) is 0.438. The minimum atomic E-state index is -0.982. The lowest BCUT2D eigenvalue weighted by Crippen LogP contribution is -1.95. The Kier molecular flexibility index (Phi) is 75.2. The molecule has 0 aliphatic heterocycles. The van der Waals surface area contributed by atoms with Crippen LogP contribution in [0.1, 0.15) is 48.5 Å². The van der Waals surface area contributed by atoms with Crippen molar-refractivity contribution in [3.8, 4) is 0 Å². The second kappa shape index (κ2) is 45.2. The van der Waals surface area contributed by atoms with E-state index in [1.807, 2.05) is 48.5 Å². The van der Waals surface area contributed by atoms with E-state index in [4.69, 9.17) is 5.11 Å². The Labute approximate surface area is 114 Å². The topological polar surface area (TPSA) is 37.3 Å². The summed E-state index contributed by atoms with van der Waals surface area (Å²) in [5.74, 6) is -0.982. The highest BCUT2D eigenvalue weighted by atomic mass is 16.4. The van der Waals surface area contributed by atoms with Gasteiger partial charge in [-0.2, -0.15) is 0 Å². The number of carbonyl (C=O) groups is 1. The molecule has 0 bridgehead atoms. The molecule has 0 spiro atoms. The van der Waals surface area contributed by atoms with Crippen molar-refractivity contribution in [2.24, 2.45) is 0 Å². The molecule has 0 heterocycles. The Hall–Kier alpha value is -1.57. The largest absolute Gasteiger partial charge is 0.478 e. The average Bonchev–Trinajstić information content (AvgIpc) is 2.43. The predicted octanol–water partition coefficient (Wildman–Crippen LogP) is 5.64. The van der Waals surface area contributed by atoms with Crippen molar-refractivity contribution in [2.75, 3.05) is 0 Å². The molecule has 2 heteroatoms. The maximum absolute atomic E-state index is 10.1. The van der Waals surface area contributed by atoms with Crippen molar-refractivity contribution in [3.63, 3.8) is 0 Å². The fourth-order valence-electron chi connectivity index (χ4n) is 0.354. The molecule has 0 aliphatic rings. The quantitative estimate of drug-likeness (QED) is 0.403. The van der Waals surface area contributed by atoms with Gasteiger partial charge in [0.1, 0.15) is 0 Å². The summed E-state index contributed by atoms with van der Waals surface area (Å²) < 4.78 is 0. The van der Waals surface area contributed by atoms with Crippen LogP contribution in [0.25, 0.3) is 0 Å². The van der Waals surface area contributed by atoms with E-state index < -0.39 is 5.97 Å². The first-order valence-electron chi connectivity index (χ1n) is 6.39. The lowest BCUT2D eigenvalue weighted by atomic mass is 10.2. The van der Waals surface area contributed by atoms with Crippen LogP contribution >= 0.6 is 0 Å². The summed E-state index contributed by atoms with van der Waals surface area (Å²) in [5, 5.41) is 8.32. The second-order valence-electron chi connectivity index (χ2n) is 1.78. The maximum atomic E-state index is 10.1. The van der Waals surface area contributed by atoms with Crippen LogP contribution in [0.2, 0.25) is 0 Å². The number of allylic oxidation sites excluding steroid dienone is 3. The van der Waals surface area contributed by atoms with Crippen LogP contribution in [-0.4, -0.2) is 11.1 Å². The molecule has 1 N–H and O–H groups in total. The van der Waals surface area contributed by atoms with E-state index in [9.17, 15) is 4.79 Å². The first kappa shape index (κ1) is 29.9. The molecule has 18 heavy (non-hydrogen) atoms. The van der Waals surface area contributed by atoms with E-state index >= 15 is 0 Å². The molecule has 2 nitrogen and oxygen atoms in total. The van der Waals surface area contributed by atoms with Crippen molar-refractivity contribution >= 4 is 5.97 Å². The number of carboxylic acid groups (broad SMARTS) is 1. The molecule has 0 aliphatic carbocycles. The number of hydrogen-bond acceptors (Lipinski definition) is 1. The van der Waals surface area contributed by atoms with Gasteiger partial charge in [0, 0.05) is 0 Å². The molecule has 0 saturated carbocycles. The third-order valence-electron chi connectivity index (χ3n) is 0.764. The third kappa shape index (κ3) is 47.1. The molecule has 0 atom stereocenters. The van der Waals surface area contributed by atoms with Crippen molar-refractivity contribution in [1.82, 2.24) is 0 Å². The van der Waals surface area contributed by atoms with Crippen LogP contribution in [0, 0.1) is 0 Å². The summed E-state index contributed by atoms with van der Waals surface area (Å²) in [6, 6.07) is 0. The Bertz CT molecular complexity index is 201. The van der Waals surface area contributed by atoms with Gasteiger partial charge < -0.3 is 5.11 Å². The smallest absolute Gasteiger partial charge is 0.335 e. The zero-order valence-corrected chi connectivity index (χ0v) is 13.3. The summed E-state index contributed by atoms with van der Waals surface area (Å²) in [7, 11) is 0. The van der Waals surface area contributed by atoms with Crippen molar-refractivity contribution in [1.29, 1.82) is 0 Å². The molecule has 0 amide bonds. The van der Waals surface area contributed by atoms with Crippen LogP contribution in [0.4, 0.5) is 0 Å². The van der Waals surface area contributed by atoms with Gasteiger partial charge in [0.05, 0.1) is 5.57 Å². The van der Waals surface area contributed by atoms with Crippen LogP contribution < -0.4 is 0 Å². The van der Waals surface area contributed by atoms with Gasteiger partial charge in [-0.3, -0.25) is 0 Å². The van der Waals surface area contributed by atoms with Crippen LogP contribution in [0.5, 0.6) is 0 Å². The van der Waals surface area contributed by atoms with Gasteiger partial charge in [0.15, 0.2) is 0 Å². The summed E-state index contributed by atoms with van der Waals surface area (Å²) in [4.78, 5) is 10.1. The number of hydrogen-bond donors (Lipinski definition) is 1. The first-order valence-corrected chi connectivity index (χ1v) is 6.39. The summed E-state index contributed by atoms with van der Waals surface area (Å²) in [6.45, 7) is 23.9. The molecule has 0 saturated heterocycles. The number of carboxylic acids is 1. The molecular weight excluding hydrogens is 224 g/mol. The average molecular weight is 256 g/mol. The maximum Gasteiger partial charge on any atom is 0.335 e. The highest BCUT2D eigenvalue weighted by Gasteiger charge is 1.97. The number of aliphatic carboxylic acids is 1. The van der Waals surface area contributed by atoms with Gasteiger partial charge in [-0.15, -0.1) is 6.58 Å². The Morgan fingerprint density at radius 1 is 0.944 bits per heavy atom. The highest BCUT2D eigenvalue weighted by molar-refractivity contribution is 5.89. The van der Waals surface area contributed by atoms with Gasteiger partial charge in [-0.1, -0.05) is 72.9 Å². The van der Waals surface area contributed by atoms with Crippen LogP contribution in [0.15, 0.2) is 49.6 Å². The molecule has 0 radical (unpaired) electrons. The highest BCUT2D eigenvalue weighted by Crippen LogP contribution is 1.94. The molecule has 0 fully saturated rings. The van der Waals surface area contributed by atoms with E-state index in [1.165, 1.54) is 18.2 Å². The second-order valence-corrected chi connectivity index (χ2v) is 1.78. The fourth-order valence-corrected chi connectivity index (χ4v) is 0.354.